The van der Waals surface area contributed by atoms with Crippen LogP contribution < -0.4 is 5.32 Å². The SMILES string of the molecule is CCCCOC(=O)NC(Cc1c(C)cc(C#N)cc1C)C(=O)OC. The average molecular weight is 332 g/mol. The quantitative estimate of drug-likeness (QED) is 0.612. The second kappa shape index (κ2) is 9.56. The fourth-order valence-electron chi connectivity index (χ4n) is 2.41. The number of benzene rings is 1. The zero-order chi connectivity index (χ0) is 18.1. The van der Waals surface area contributed by atoms with Crippen LogP contribution in [0.25, 0.3) is 0 Å². The molecule has 6 heteroatoms. The minimum absolute atomic E-state index is 0.277. The monoisotopic (exact) mass is 332 g/mol. The van der Waals surface area contributed by atoms with E-state index in [4.69, 9.17) is 14.7 Å². The van der Waals surface area contributed by atoms with Crippen LogP contribution in [0.2, 0.25) is 0 Å². The minimum atomic E-state index is -0.838. The molecule has 0 heterocycles. The zero-order valence-corrected chi connectivity index (χ0v) is 14.6. The maximum Gasteiger partial charge on any atom is 0.407 e. The Bertz CT molecular complexity index is 611. The van der Waals surface area contributed by atoms with E-state index in [-0.39, 0.29) is 6.42 Å². The Kier molecular flexibility index (Phi) is 7.76. The van der Waals surface area contributed by atoms with Crippen LogP contribution in [0.15, 0.2) is 12.1 Å². The van der Waals surface area contributed by atoms with Crippen molar-refractivity contribution in [3.8, 4) is 6.07 Å². The number of carbonyl (C=O) groups is 2. The Morgan fingerprint density at radius 3 is 2.42 bits per heavy atom. The zero-order valence-electron chi connectivity index (χ0n) is 14.6. The first-order chi connectivity index (χ1) is 11.4. The molecule has 0 radical (unpaired) electrons. The number of methoxy groups -OCH3 is 1. The summed E-state index contributed by atoms with van der Waals surface area (Å²) in [4.78, 5) is 23.8. The molecular formula is C18H24N2O4. The van der Waals surface area contributed by atoms with Crippen LogP contribution in [0, 0.1) is 25.2 Å². The smallest absolute Gasteiger partial charge is 0.407 e. The van der Waals surface area contributed by atoms with Gasteiger partial charge in [0, 0.05) is 6.42 Å². The van der Waals surface area contributed by atoms with E-state index in [2.05, 4.69) is 11.4 Å². The molecule has 0 aliphatic heterocycles. The van der Waals surface area contributed by atoms with Gasteiger partial charge in [0.2, 0.25) is 0 Å². The number of ether oxygens (including phenoxy) is 2. The summed E-state index contributed by atoms with van der Waals surface area (Å²) >= 11 is 0. The number of nitriles is 1. The predicted molar refractivity (Wildman–Crippen MR) is 89.5 cm³/mol. The molecule has 0 aromatic heterocycles. The Labute approximate surface area is 142 Å². The van der Waals surface area contributed by atoms with Crippen molar-refractivity contribution in [3.63, 3.8) is 0 Å². The molecule has 1 atom stereocenters. The van der Waals surface area contributed by atoms with E-state index in [0.717, 1.165) is 29.5 Å². The fraction of sp³-hybridized carbons (Fsp3) is 0.500. The number of amides is 1. The van der Waals surface area contributed by atoms with Crippen molar-refractivity contribution >= 4 is 12.1 Å². The molecule has 1 aromatic rings. The van der Waals surface area contributed by atoms with Crippen molar-refractivity contribution in [2.45, 2.75) is 46.1 Å². The van der Waals surface area contributed by atoms with Crippen LogP contribution in [0.3, 0.4) is 0 Å². The molecular weight excluding hydrogens is 308 g/mol. The average Bonchev–Trinajstić information content (AvgIpc) is 2.56. The minimum Gasteiger partial charge on any atom is -0.467 e. The van der Waals surface area contributed by atoms with Gasteiger partial charge in [-0.1, -0.05) is 13.3 Å². The van der Waals surface area contributed by atoms with Crippen LogP contribution >= 0.6 is 0 Å². The fourth-order valence-corrected chi connectivity index (χ4v) is 2.41. The number of nitrogens with one attached hydrogen (secondary N) is 1. The molecule has 0 bridgehead atoms. The Morgan fingerprint density at radius 2 is 1.92 bits per heavy atom. The lowest BCUT2D eigenvalue weighted by molar-refractivity contribution is -0.142. The maximum absolute atomic E-state index is 12.0. The first kappa shape index (κ1) is 19.5. The topological polar surface area (TPSA) is 88.4 Å². The highest BCUT2D eigenvalue weighted by Crippen LogP contribution is 2.18. The summed E-state index contributed by atoms with van der Waals surface area (Å²) in [7, 11) is 1.28. The van der Waals surface area contributed by atoms with Crippen molar-refractivity contribution in [1.82, 2.24) is 5.32 Å². The van der Waals surface area contributed by atoms with E-state index < -0.39 is 18.1 Å². The molecule has 1 N–H and O–H groups in total. The molecule has 1 amide bonds. The van der Waals surface area contributed by atoms with Crippen molar-refractivity contribution < 1.29 is 19.1 Å². The molecule has 0 saturated carbocycles. The number of esters is 1. The molecule has 1 aromatic carbocycles. The van der Waals surface area contributed by atoms with Crippen molar-refractivity contribution in [3.05, 3.63) is 34.4 Å². The molecule has 0 aliphatic rings. The molecule has 0 fully saturated rings. The van der Waals surface area contributed by atoms with E-state index >= 15 is 0 Å². The standard InChI is InChI=1S/C18H24N2O4/c1-5-6-7-24-18(22)20-16(17(21)23-4)10-15-12(2)8-14(11-19)9-13(15)3/h8-9,16H,5-7,10H2,1-4H3,(H,20,22). The summed E-state index contributed by atoms with van der Waals surface area (Å²) in [6.07, 6.45) is 1.32. The number of unbranched alkanes of at least 4 members (excludes halogenated alkanes) is 1. The number of nitrogens with zero attached hydrogens (tertiary/aromatic N) is 1. The number of rotatable bonds is 7. The summed E-state index contributed by atoms with van der Waals surface area (Å²) in [5.74, 6) is -0.536. The van der Waals surface area contributed by atoms with E-state index in [1.54, 1.807) is 12.1 Å². The number of carbonyl (C=O) groups excluding carboxylic acids is 2. The number of hydrogen-bond acceptors (Lipinski definition) is 5. The molecule has 0 spiro atoms. The van der Waals surface area contributed by atoms with Gasteiger partial charge >= 0.3 is 12.1 Å². The van der Waals surface area contributed by atoms with Crippen molar-refractivity contribution in [2.24, 2.45) is 0 Å². The normalized spacial score (nSPS) is 11.3. The predicted octanol–water partition coefficient (Wildman–Crippen LogP) is 2.79. The molecule has 1 rings (SSSR count). The van der Waals surface area contributed by atoms with E-state index in [1.165, 1.54) is 7.11 Å². The van der Waals surface area contributed by atoms with Crippen molar-refractivity contribution in [1.29, 1.82) is 5.26 Å². The third-order valence-corrected chi connectivity index (χ3v) is 3.74. The van der Waals surface area contributed by atoms with Gasteiger partial charge in [-0.3, -0.25) is 0 Å². The van der Waals surface area contributed by atoms with Crippen LogP contribution in [0.4, 0.5) is 4.79 Å². The second-order valence-corrected chi connectivity index (χ2v) is 5.61. The van der Waals surface area contributed by atoms with Gasteiger partial charge in [0.05, 0.1) is 25.3 Å². The number of hydrogen-bond donors (Lipinski definition) is 1. The first-order valence-electron chi connectivity index (χ1n) is 7.94. The molecule has 0 saturated heterocycles. The largest absolute Gasteiger partial charge is 0.467 e. The van der Waals surface area contributed by atoms with E-state index in [0.29, 0.717) is 12.2 Å². The molecule has 0 aliphatic carbocycles. The maximum atomic E-state index is 12.0. The third-order valence-electron chi connectivity index (χ3n) is 3.74. The van der Waals surface area contributed by atoms with Gasteiger partial charge in [0.25, 0.3) is 0 Å². The summed E-state index contributed by atoms with van der Waals surface area (Å²) in [5, 5.41) is 11.6. The van der Waals surface area contributed by atoms with Gasteiger partial charge in [-0.15, -0.1) is 0 Å². The lowest BCUT2D eigenvalue weighted by Gasteiger charge is -2.19. The van der Waals surface area contributed by atoms with E-state index in [1.807, 2.05) is 20.8 Å². The second-order valence-electron chi connectivity index (χ2n) is 5.61. The summed E-state index contributed by atoms with van der Waals surface area (Å²) in [6, 6.07) is 4.78. The van der Waals surface area contributed by atoms with Gasteiger partial charge < -0.3 is 14.8 Å². The van der Waals surface area contributed by atoms with Crippen molar-refractivity contribution in [2.75, 3.05) is 13.7 Å². The highest BCUT2D eigenvalue weighted by molar-refractivity contribution is 5.81. The van der Waals surface area contributed by atoms with Crippen LogP contribution in [0.5, 0.6) is 0 Å². The van der Waals surface area contributed by atoms with Gasteiger partial charge in [0.1, 0.15) is 6.04 Å². The number of aryl methyl sites for hydroxylation is 2. The van der Waals surface area contributed by atoms with Crippen LogP contribution in [-0.2, 0) is 20.7 Å². The third kappa shape index (κ3) is 5.58. The summed E-state index contributed by atoms with van der Waals surface area (Å²) in [5.41, 5.74) is 3.25. The van der Waals surface area contributed by atoms with Gasteiger partial charge in [-0.05, 0) is 49.1 Å². The summed E-state index contributed by atoms with van der Waals surface area (Å²) in [6.45, 7) is 6.05. The lowest BCUT2D eigenvalue weighted by Crippen LogP contribution is -2.43. The van der Waals surface area contributed by atoms with Gasteiger partial charge in [-0.25, -0.2) is 9.59 Å². The molecule has 6 nitrogen and oxygen atoms in total. The van der Waals surface area contributed by atoms with Crippen LogP contribution in [-0.4, -0.2) is 31.8 Å². The molecule has 1 unspecified atom stereocenters. The van der Waals surface area contributed by atoms with Gasteiger partial charge in [0.15, 0.2) is 0 Å². The Balaban J connectivity index is 2.90. The van der Waals surface area contributed by atoms with Crippen LogP contribution in [0.1, 0.15) is 42.0 Å². The molecule has 130 valence electrons. The Morgan fingerprint density at radius 1 is 1.29 bits per heavy atom. The van der Waals surface area contributed by atoms with E-state index in [9.17, 15) is 9.59 Å². The number of alkyl carbamates (subject to hydrolysis) is 1. The first-order valence-corrected chi connectivity index (χ1v) is 7.94. The molecule has 24 heavy (non-hydrogen) atoms. The summed E-state index contributed by atoms with van der Waals surface area (Å²) < 4.78 is 9.82. The highest BCUT2D eigenvalue weighted by Gasteiger charge is 2.24. The van der Waals surface area contributed by atoms with Gasteiger partial charge in [-0.2, -0.15) is 5.26 Å². The highest BCUT2D eigenvalue weighted by atomic mass is 16.6. The lowest BCUT2D eigenvalue weighted by atomic mass is 9.94. The Hall–Kier alpha value is -2.55.